The van der Waals surface area contributed by atoms with E-state index in [1.54, 1.807) is 0 Å². The van der Waals surface area contributed by atoms with Crippen LogP contribution in [0.2, 0.25) is 0 Å². The molecule has 0 radical (unpaired) electrons. The Morgan fingerprint density at radius 1 is 1.19 bits per heavy atom. The average Bonchev–Trinajstić information content (AvgIpc) is 2.81. The molecule has 1 aromatic heterocycles. The maximum Gasteiger partial charge on any atom is 0.137 e. The lowest BCUT2D eigenvalue weighted by atomic mass is 9.96. The minimum absolute atomic E-state index is 0.0350. The monoisotopic (exact) mass is 352 g/mol. The topological polar surface area (TPSA) is 41.1 Å². The summed E-state index contributed by atoms with van der Waals surface area (Å²) in [4.78, 5) is 11.9. The minimum atomic E-state index is -0.0350. The van der Waals surface area contributed by atoms with Gasteiger partial charge in [0.05, 0.1) is 0 Å². The first kappa shape index (κ1) is 15.2. The fourth-order valence-electron chi connectivity index (χ4n) is 3.43. The molecule has 2 fully saturated rings. The van der Waals surface area contributed by atoms with Crippen molar-refractivity contribution in [2.24, 2.45) is 0 Å². The van der Waals surface area contributed by atoms with E-state index in [0.29, 0.717) is 12.1 Å². The summed E-state index contributed by atoms with van der Waals surface area (Å²) in [5.74, 6) is 1.84. The Hall–Kier alpha value is -0.680. The maximum absolute atomic E-state index is 4.74. The molecular formula is C16H25BrN4. The van der Waals surface area contributed by atoms with Crippen LogP contribution in [0, 0.1) is 0 Å². The lowest BCUT2D eigenvalue weighted by Gasteiger charge is -2.32. The van der Waals surface area contributed by atoms with Crippen molar-refractivity contribution < 1.29 is 0 Å². The second-order valence-corrected chi connectivity index (χ2v) is 8.10. The van der Waals surface area contributed by atoms with Crippen LogP contribution in [-0.4, -0.2) is 40.0 Å². The van der Waals surface area contributed by atoms with Crippen molar-refractivity contribution in [3.63, 3.8) is 0 Å². The molecule has 21 heavy (non-hydrogen) atoms. The molecule has 2 aliphatic heterocycles. The summed E-state index contributed by atoms with van der Waals surface area (Å²) in [6.45, 7) is 8.94. The molecule has 1 aromatic rings. The van der Waals surface area contributed by atoms with Gasteiger partial charge in [0.25, 0.3) is 0 Å². The molecule has 4 nitrogen and oxygen atoms in total. The Balaban J connectivity index is 1.77. The molecule has 2 atom stereocenters. The molecule has 0 spiro atoms. The lowest BCUT2D eigenvalue weighted by Crippen LogP contribution is -2.41. The molecule has 5 heteroatoms. The molecule has 1 N–H and O–H groups in total. The van der Waals surface area contributed by atoms with Crippen LogP contribution < -0.4 is 5.32 Å². The van der Waals surface area contributed by atoms with Gasteiger partial charge in [0, 0.05) is 30.1 Å². The van der Waals surface area contributed by atoms with Crippen LogP contribution in [-0.2, 0) is 5.41 Å². The zero-order chi connectivity index (χ0) is 15.0. The van der Waals surface area contributed by atoms with Crippen LogP contribution in [0.25, 0.3) is 0 Å². The molecule has 2 unspecified atom stereocenters. The highest BCUT2D eigenvalue weighted by atomic mass is 79.9. The molecule has 3 heterocycles. The third kappa shape index (κ3) is 3.39. The van der Waals surface area contributed by atoms with Crippen molar-refractivity contribution in [1.29, 1.82) is 0 Å². The Bertz CT molecular complexity index is 511. The predicted octanol–water partition coefficient (Wildman–Crippen LogP) is 3.58. The molecule has 0 bridgehead atoms. The Morgan fingerprint density at radius 2 is 2.00 bits per heavy atom. The highest BCUT2D eigenvalue weighted by Gasteiger charge is 2.35. The highest BCUT2D eigenvalue weighted by molar-refractivity contribution is 9.10. The summed E-state index contributed by atoms with van der Waals surface area (Å²) in [6.07, 6.45) is 5.25. The summed E-state index contributed by atoms with van der Waals surface area (Å²) < 4.78 is 0.864. The molecule has 0 aromatic carbocycles. The standard InChI is InChI=1S/C16H25BrN4/c1-16(2,3)15-19-13(17)10-14(20-15)18-11-7-9-21-8-5-4-6-12(11)21/h10-12H,4-9H2,1-3H3,(H,18,19,20). The van der Waals surface area contributed by atoms with Gasteiger partial charge < -0.3 is 5.32 Å². The van der Waals surface area contributed by atoms with Gasteiger partial charge in [-0.1, -0.05) is 27.2 Å². The number of nitrogens with one attached hydrogen (secondary N) is 1. The molecule has 0 amide bonds. The first-order valence-corrected chi connectivity index (χ1v) is 8.78. The molecule has 0 aliphatic carbocycles. The van der Waals surface area contributed by atoms with Gasteiger partial charge in [0.1, 0.15) is 16.2 Å². The fraction of sp³-hybridized carbons (Fsp3) is 0.750. The van der Waals surface area contributed by atoms with Crippen molar-refractivity contribution in [3.8, 4) is 0 Å². The van der Waals surface area contributed by atoms with Gasteiger partial charge in [-0.3, -0.25) is 4.90 Å². The molecule has 2 saturated heterocycles. The van der Waals surface area contributed by atoms with Crippen LogP contribution in [0.3, 0.4) is 0 Å². The van der Waals surface area contributed by atoms with E-state index in [-0.39, 0.29) is 5.41 Å². The van der Waals surface area contributed by atoms with E-state index in [1.165, 1.54) is 38.8 Å². The van der Waals surface area contributed by atoms with Crippen LogP contribution in [0.15, 0.2) is 10.7 Å². The van der Waals surface area contributed by atoms with Crippen molar-refractivity contribution in [2.45, 2.75) is 64.0 Å². The normalized spacial score (nSPS) is 26.7. The van der Waals surface area contributed by atoms with Crippen molar-refractivity contribution in [1.82, 2.24) is 14.9 Å². The molecular weight excluding hydrogens is 328 g/mol. The zero-order valence-electron chi connectivity index (χ0n) is 13.2. The number of anilines is 1. The van der Waals surface area contributed by atoms with Gasteiger partial charge in [0.15, 0.2) is 0 Å². The van der Waals surface area contributed by atoms with Gasteiger partial charge in [-0.2, -0.15) is 0 Å². The number of fused-ring (bicyclic) bond motifs is 1. The van der Waals surface area contributed by atoms with Gasteiger partial charge in [-0.15, -0.1) is 0 Å². The summed E-state index contributed by atoms with van der Waals surface area (Å²) in [5.41, 5.74) is -0.0350. The quantitative estimate of drug-likeness (QED) is 0.826. The van der Waals surface area contributed by atoms with Crippen LogP contribution in [0.1, 0.15) is 52.3 Å². The SMILES string of the molecule is CC(C)(C)c1nc(Br)cc(NC2CCN3CCCCC23)n1. The lowest BCUT2D eigenvalue weighted by molar-refractivity contribution is 0.192. The highest BCUT2D eigenvalue weighted by Crippen LogP contribution is 2.30. The van der Waals surface area contributed by atoms with Gasteiger partial charge in [-0.25, -0.2) is 9.97 Å². The summed E-state index contributed by atoms with van der Waals surface area (Å²) in [5, 5.41) is 3.67. The largest absolute Gasteiger partial charge is 0.366 e. The smallest absolute Gasteiger partial charge is 0.137 e. The third-order valence-electron chi connectivity index (χ3n) is 4.55. The number of halogens is 1. The third-order valence-corrected chi connectivity index (χ3v) is 4.96. The molecule has 2 aliphatic rings. The van der Waals surface area contributed by atoms with E-state index in [0.717, 1.165) is 16.2 Å². The summed E-state index contributed by atoms with van der Waals surface area (Å²) >= 11 is 3.52. The number of nitrogens with zero attached hydrogens (tertiary/aromatic N) is 3. The minimum Gasteiger partial charge on any atom is -0.366 e. The molecule has 0 saturated carbocycles. The average molecular weight is 353 g/mol. The number of piperidine rings is 1. The summed E-state index contributed by atoms with van der Waals surface area (Å²) in [6, 6.07) is 3.21. The van der Waals surface area contributed by atoms with Crippen LogP contribution in [0.4, 0.5) is 5.82 Å². The Kier molecular flexibility index (Phi) is 4.23. The first-order valence-electron chi connectivity index (χ1n) is 7.99. The first-order chi connectivity index (χ1) is 9.93. The van der Waals surface area contributed by atoms with E-state index >= 15 is 0 Å². The van der Waals surface area contributed by atoms with Crippen molar-refractivity contribution in [3.05, 3.63) is 16.5 Å². The van der Waals surface area contributed by atoms with Crippen LogP contribution >= 0.6 is 15.9 Å². The van der Waals surface area contributed by atoms with E-state index < -0.39 is 0 Å². The number of aromatic nitrogens is 2. The Morgan fingerprint density at radius 3 is 2.76 bits per heavy atom. The molecule has 3 rings (SSSR count). The number of hydrogen-bond acceptors (Lipinski definition) is 4. The van der Waals surface area contributed by atoms with Gasteiger partial charge in [0.2, 0.25) is 0 Å². The summed E-state index contributed by atoms with van der Waals surface area (Å²) in [7, 11) is 0. The number of hydrogen-bond donors (Lipinski definition) is 1. The fourth-order valence-corrected chi connectivity index (χ4v) is 3.82. The zero-order valence-corrected chi connectivity index (χ0v) is 14.8. The van der Waals surface area contributed by atoms with E-state index in [9.17, 15) is 0 Å². The second kappa shape index (κ2) is 5.84. The predicted molar refractivity (Wildman–Crippen MR) is 89.7 cm³/mol. The van der Waals surface area contributed by atoms with Crippen molar-refractivity contribution >= 4 is 21.7 Å². The maximum atomic E-state index is 4.74. The van der Waals surface area contributed by atoms with Crippen molar-refractivity contribution in [2.75, 3.05) is 18.4 Å². The van der Waals surface area contributed by atoms with E-state index in [2.05, 4.69) is 51.9 Å². The van der Waals surface area contributed by atoms with E-state index in [4.69, 9.17) is 4.98 Å². The van der Waals surface area contributed by atoms with Gasteiger partial charge >= 0.3 is 0 Å². The molecule has 116 valence electrons. The Labute approximate surface area is 135 Å². The number of rotatable bonds is 2. The van der Waals surface area contributed by atoms with E-state index in [1.807, 2.05) is 6.07 Å². The van der Waals surface area contributed by atoms with Crippen LogP contribution in [0.5, 0.6) is 0 Å². The van der Waals surface area contributed by atoms with Gasteiger partial charge in [-0.05, 0) is 41.7 Å². The second-order valence-electron chi connectivity index (χ2n) is 7.29.